The molecule has 8 heteroatoms. The number of rotatable bonds is 5. The minimum atomic E-state index is -4.48. The van der Waals surface area contributed by atoms with Gasteiger partial charge in [-0.15, -0.1) is 0 Å². The van der Waals surface area contributed by atoms with Crippen LogP contribution in [-0.4, -0.2) is 27.4 Å². The maximum absolute atomic E-state index is 13.0. The number of hydrogen-bond acceptors (Lipinski definition) is 3. The number of benzene rings is 1. The van der Waals surface area contributed by atoms with E-state index in [1.165, 1.54) is 9.96 Å². The average Bonchev–Trinajstić information content (AvgIpc) is 3.21. The molecule has 2 N–H and O–H groups in total. The molecule has 3 aromatic rings. The van der Waals surface area contributed by atoms with Crippen molar-refractivity contribution in [3.63, 3.8) is 0 Å². The minimum Gasteiger partial charge on any atom is -0.368 e. The third kappa shape index (κ3) is 4.84. The summed E-state index contributed by atoms with van der Waals surface area (Å²) in [5, 5.41) is 6.45. The summed E-state index contributed by atoms with van der Waals surface area (Å²) in [4.78, 5) is 16.2. The molecule has 1 aliphatic rings. The first kappa shape index (κ1) is 21.2. The second kappa shape index (κ2) is 8.61. The number of imidazole rings is 1. The van der Waals surface area contributed by atoms with Crippen molar-refractivity contribution in [2.45, 2.75) is 57.3 Å². The Balaban J connectivity index is 1.35. The fourth-order valence-electron chi connectivity index (χ4n) is 4.02. The zero-order valence-electron chi connectivity index (χ0n) is 17.2. The number of nitrogens with one attached hydrogen (secondary N) is 2. The van der Waals surface area contributed by atoms with E-state index in [4.69, 9.17) is 0 Å². The molecule has 0 radical (unpaired) electrons. The van der Waals surface area contributed by atoms with E-state index in [9.17, 15) is 18.0 Å². The molecule has 1 fully saturated rings. The molecule has 1 saturated carbocycles. The van der Waals surface area contributed by atoms with Crippen LogP contribution < -0.4 is 10.6 Å². The molecule has 1 amide bonds. The normalized spacial score (nSPS) is 19.4. The molecule has 0 atom stereocenters. The van der Waals surface area contributed by atoms with E-state index in [0.717, 1.165) is 38.3 Å². The predicted molar refractivity (Wildman–Crippen MR) is 113 cm³/mol. The summed E-state index contributed by atoms with van der Waals surface area (Å²) in [5.74, 6) is 0.519. The van der Waals surface area contributed by atoms with Crippen molar-refractivity contribution in [1.29, 1.82) is 0 Å². The van der Waals surface area contributed by atoms with E-state index in [-0.39, 0.29) is 23.6 Å². The predicted octanol–water partition coefficient (Wildman–Crippen LogP) is 5.07. The van der Waals surface area contributed by atoms with Gasteiger partial charge in [-0.2, -0.15) is 13.2 Å². The number of aromatic nitrogens is 2. The van der Waals surface area contributed by atoms with Crippen molar-refractivity contribution in [2.24, 2.45) is 0 Å². The second-order valence-electron chi connectivity index (χ2n) is 7.98. The monoisotopic (exact) mass is 430 g/mol. The number of amides is 1. The maximum Gasteiger partial charge on any atom is 0.434 e. The Morgan fingerprint density at radius 1 is 1.06 bits per heavy atom. The molecule has 0 saturated heterocycles. The Kier molecular flexibility index (Phi) is 5.89. The lowest BCUT2D eigenvalue weighted by Gasteiger charge is -2.30. The van der Waals surface area contributed by atoms with E-state index in [0.29, 0.717) is 11.4 Å². The molecule has 0 spiro atoms. The molecule has 1 aliphatic carbocycles. The van der Waals surface area contributed by atoms with Crippen LogP contribution in [0.2, 0.25) is 0 Å². The van der Waals surface area contributed by atoms with Crippen molar-refractivity contribution >= 4 is 17.4 Å². The van der Waals surface area contributed by atoms with Crippen LogP contribution in [0.25, 0.3) is 5.65 Å². The minimum absolute atomic E-state index is 0.0677. The number of carbonyl (C=O) groups excluding carboxylic acids is 1. The van der Waals surface area contributed by atoms with Crippen LogP contribution in [0.5, 0.6) is 0 Å². The molecule has 0 unspecified atom stereocenters. The van der Waals surface area contributed by atoms with Gasteiger partial charge in [0.05, 0.1) is 0 Å². The molecule has 31 heavy (non-hydrogen) atoms. The second-order valence-corrected chi connectivity index (χ2v) is 7.98. The van der Waals surface area contributed by atoms with Gasteiger partial charge >= 0.3 is 6.18 Å². The van der Waals surface area contributed by atoms with Gasteiger partial charge in [-0.05, 0) is 61.9 Å². The van der Waals surface area contributed by atoms with E-state index in [1.807, 2.05) is 24.3 Å². The molecular formula is C23H25F3N4O. The van der Waals surface area contributed by atoms with Crippen LogP contribution in [0.3, 0.4) is 0 Å². The van der Waals surface area contributed by atoms with Crippen molar-refractivity contribution in [1.82, 2.24) is 14.7 Å². The summed E-state index contributed by atoms with van der Waals surface area (Å²) >= 11 is 0. The van der Waals surface area contributed by atoms with Crippen LogP contribution in [-0.2, 0) is 12.6 Å². The van der Waals surface area contributed by atoms with Crippen LogP contribution in [0.4, 0.5) is 19.0 Å². The first-order valence-electron chi connectivity index (χ1n) is 10.5. The highest BCUT2D eigenvalue weighted by atomic mass is 19.4. The van der Waals surface area contributed by atoms with Crippen LogP contribution in [0.15, 0.2) is 48.7 Å². The molecule has 0 bridgehead atoms. The van der Waals surface area contributed by atoms with Crippen molar-refractivity contribution in [3.8, 4) is 0 Å². The number of aryl methyl sites for hydroxylation is 1. The van der Waals surface area contributed by atoms with Gasteiger partial charge in [0.15, 0.2) is 5.69 Å². The lowest BCUT2D eigenvalue weighted by molar-refractivity contribution is -0.140. The van der Waals surface area contributed by atoms with Gasteiger partial charge in [-0.25, -0.2) is 4.98 Å². The summed E-state index contributed by atoms with van der Waals surface area (Å²) < 4.78 is 40.4. The summed E-state index contributed by atoms with van der Waals surface area (Å²) in [7, 11) is 0. The summed E-state index contributed by atoms with van der Waals surface area (Å²) in [6.45, 7) is 2.07. The highest BCUT2D eigenvalue weighted by molar-refractivity contribution is 5.94. The van der Waals surface area contributed by atoms with Gasteiger partial charge in [0.1, 0.15) is 11.5 Å². The lowest BCUT2D eigenvalue weighted by Crippen LogP contribution is -2.40. The molecule has 1 aromatic carbocycles. The number of nitrogens with zero attached hydrogens (tertiary/aromatic N) is 2. The highest BCUT2D eigenvalue weighted by Crippen LogP contribution is 2.30. The third-order valence-corrected chi connectivity index (χ3v) is 5.82. The number of hydrogen-bond donors (Lipinski definition) is 2. The molecule has 164 valence electrons. The van der Waals surface area contributed by atoms with Crippen LogP contribution in [0.1, 0.15) is 54.2 Å². The quantitative estimate of drug-likeness (QED) is 0.594. The average molecular weight is 430 g/mol. The van der Waals surface area contributed by atoms with Gasteiger partial charge in [0.2, 0.25) is 0 Å². The van der Waals surface area contributed by atoms with Gasteiger partial charge in [0.25, 0.3) is 5.91 Å². The van der Waals surface area contributed by atoms with Gasteiger partial charge in [-0.3, -0.25) is 9.20 Å². The van der Waals surface area contributed by atoms with Crippen LogP contribution >= 0.6 is 0 Å². The Hall–Kier alpha value is -3.03. The Bertz CT molecular complexity index is 1050. The molecule has 5 nitrogen and oxygen atoms in total. The van der Waals surface area contributed by atoms with E-state index < -0.39 is 11.9 Å². The summed E-state index contributed by atoms with van der Waals surface area (Å²) in [6, 6.07) is 12.9. The number of alkyl halides is 3. The third-order valence-electron chi connectivity index (χ3n) is 5.82. The molecular weight excluding hydrogens is 405 g/mol. The molecule has 2 aromatic heterocycles. The first-order chi connectivity index (χ1) is 14.8. The number of carbonyl (C=O) groups is 1. The largest absolute Gasteiger partial charge is 0.434 e. The Morgan fingerprint density at radius 3 is 2.39 bits per heavy atom. The Morgan fingerprint density at radius 2 is 1.74 bits per heavy atom. The molecule has 4 rings (SSSR count). The maximum atomic E-state index is 13.0. The van der Waals surface area contributed by atoms with Gasteiger partial charge < -0.3 is 10.6 Å². The number of halogens is 3. The van der Waals surface area contributed by atoms with Gasteiger partial charge in [-0.1, -0.05) is 25.1 Å². The van der Waals surface area contributed by atoms with Crippen molar-refractivity contribution in [2.75, 3.05) is 5.32 Å². The summed E-state index contributed by atoms with van der Waals surface area (Å²) in [5.41, 5.74) is 1.20. The summed E-state index contributed by atoms with van der Waals surface area (Å²) in [6.07, 6.45) is 0.731. The van der Waals surface area contributed by atoms with Gasteiger partial charge in [0, 0.05) is 23.8 Å². The van der Waals surface area contributed by atoms with Crippen molar-refractivity contribution in [3.05, 3.63) is 65.5 Å². The SMILES string of the molecule is CCc1ccc(C(=O)NC2CCC(Nc3cccc4nc(C(F)(F)F)cn34)CC2)cc1. The highest BCUT2D eigenvalue weighted by Gasteiger charge is 2.34. The number of pyridine rings is 1. The van der Waals surface area contributed by atoms with E-state index in [1.54, 1.807) is 18.2 Å². The Labute approximate surface area is 178 Å². The number of anilines is 1. The fourth-order valence-corrected chi connectivity index (χ4v) is 4.02. The smallest absolute Gasteiger partial charge is 0.368 e. The topological polar surface area (TPSA) is 58.4 Å². The zero-order chi connectivity index (χ0) is 22.0. The molecule has 2 heterocycles. The van der Waals surface area contributed by atoms with E-state index in [2.05, 4.69) is 22.5 Å². The lowest BCUT2D eigenvalue weighted by atomic mass is 9.91. The van der Waals surface area contributed by atoms with Crippen LogP contribution in [0, 0.1) is 0 Å². The van der Waals surface area contributed by atoms with E-state index >= 15 is 0 Å². The first-order valence-corrected chi connectivity index (χ1v) is 10.5. The molecule has 0 aliphatic heterocycles. The standard InChI is InChI=1S/C23H25F3N4O/c1-2-15-6-8-16(9-7-15)22(31)28-18-12-10-17(11-13-18)27-20-4-3-5-21-29-19(14-30(20)21)23(24,25)26/h3-9,14,17-18,27H,2,10-13H2,1H3,(H,28,31). The number of fused-ring (bicyclic) bond motifs is 1. The zero-order valence-corrected chi connectivity index (χ0v) is 17.2. The van der Waals surface area contributed by atoms with Crippen molar-refractivity contribution < 1.29 is 18.0 Å². The fraction of sp³-hybridized carbons (Fsp3) is 0.391.